The van der Waals surface area contributed by atoms with E-state index in [1.54, 1.807) is 68.1 Å². The Hall–Kier alpha value is -3.10. The lowest BCUT2D eigenvalue weighted by Gasteiger charge is -2.34. The summed E-state index contributed by atoms with van der Waals surface area (Å²) in [7, 11) is 0. The number of benzene rings is 2. The number of carbonyl (C=O) groups excluding carboxylic acids is 3. The van der Waals surface area contributed by atoms with Gasteiger partial charge in [-0.2, -0.15) is 0 Å². The predicted octanol–water partition coefficient (Wildman–Crippen LogP) is 4.08. The van der Waals surface area contributed by atoms with Crippen molar-refractivity contribution in [2.45, 2.75) is 26.4 Å². The second-order valence-corrected chi connectivity index (χ2v) is 9.21. The number of nitrogens with zero attached hydrogens (tertiary/aromatic N) is 2. The van der Waals surface area contributed by atoms with E-state index in [0.717, 1.165) is 0 Å². The lowest BCUT2D eigenvalue weighted by atomic mass is 10.1. The van der Waals surface area contributed by atoms with E-state index in [-0.39, 0.29) is 18.4 Å². The van der Waals surface area contributed by atoms with E-state index in [1.807, 2.05) is 11.0 Å². The van der Waals surface area contributed by atoms with Gasteiger partial charge in [-0.1, -0.05) is 29.8 Å². The van der Waals surface area contributed by atoms with Gasteiger partial charge in [0.15, 0.2) is 0 Å². The summed E-state index contributed by atoms with van der Waals surface area (Å²) < 4.78 is 5.25. The normalized spacial score (nSPS) is 14.5. The monoisotopic (exact) mass is 472 g/mol. The maximum Gasteiger partial charge on any atom is 0.412 e. The highest BCUT2D eigenvalue weighted by atomic mass is 35.5. The number of hydrogen-bond donors (Lipinski definition) is 2. The lowest BCUT2D eigenvalue weighted by molar-refractivity contribution is -0.117. The number of piperazine rings is 1. The molecule has 1 fully saturated rings. The molecular weight excluding hydrogens is 444 g/mol. The average Bonchev–Trinajstić information content (AvgIpc) is 2.74. The molecule has 1 saturated heterocycles. The molecule has 3 amide bonds. The minimum absolute atomic E-state index is 0.122. The zero-order chi connectivity index (χ0) is 24.0. The molecule has 3 rings (SSSR count). The van der Waals surface area contributed by atoms with Gasteiger partial charge in [0.2, 0.25) is 5.91 Å². The van der Waals surface area contributed by atoms with Crippen LogP contribution in [-0.2, 0) is 9.53 Å². The van der Waals surface area contributed by atoms with Crippen LogP contribution in [-0.4, -0.2) is 66.0 Å². The molecule has 176 valence electrons. The lowest BCUT2D eigenvalue weighted by Crippen LogP contribution is -2.50. The van der Waals surface area contributed by atoms with Crippen molar-refractivity contribution in [3.05, 3.63) is 59.1 Å². The highest BCUT2D eigenvalue weighted by molar-refractivity contribution is 6.33. The van der Waals surface area contributed by atoms with Crippen molar-refractivity contribution in [3.8, 4) is 0 Å². The number of carbonyl (C=O) groups is 3. The molecule has 0 bridgehead atoms. The summed E-state index contributed by atoms with van der Waals surface area (Å²) in [6, 6.07) is 13.9. The van der Waals surface area contributed by atoms with Gasteiger partial charge in [-0.15, -0.1) is 0 Å². The van der Waals surface area contributed by atoms with Crippen LogP contribution in [0.5, 0.6) is 0 Å². The van der Waals surface area contributed by atoms with Gasteiger partial charge in [-0.25, -0.2) is 4.79 Å². The third-order valence-electron chi connectivity index (χ3n) is 4.93. The molecule has 0 unspecified atom stereocenters. The van der Waals surface area contributed by atoms with Crippen LogP contribution in [0.2, 0.25) is 5.02 Å². The smallest absolute Gasteiger partial charge is 0.412 e. The second kappa shape index (κ2) is 10.7. The van der Waals surface area contributed by atoms with Gasteiger partial charge >= 0.3 is 6.09 Å². The zero-order valence-electron chi connectivity index (χ0n) is 19.1. The van der Waals surface area contributed by atoms with Crippen molar-refractivity contribution < 1.29 is 19.1 Å². The van der Waals surface area contributed by atoms with Crippen molar-refractivity contribution in [2.24, 2.45) is 0 Å². The first-order chi connectivity index (χ1) is 15.6. The van der Waals surface area contributed by atoms with Crippen LogP contribution in [0.25, 0.3) is 0 Å². The summed E-state index contributed by atoms with van der Waals surface area (Å²) in [6.07, 6.45) is -0.573. The van der Waals surface area contributed by atoms with E-state index in [1.165, 1.54) is 0 Å². The predicted molar refractivity (Wildman–Crippen MR) is 129 cm³/mol. The van der Waals surface area contributed by atoms with Gasteiger partial charge < -0.3 is 15.0 Å². The Labute approximate surface area is 198 Å². The highest BCUT2D eigenvalue weighted by Crippen LogP contribution is 2.20. The molecule has 0 saturated carbocycles. The van der Waals surface area contributed by atoms with Crippen LogP contribution in [0.4, 0.5) is 16.2 Å². The van der Waals surface area contributed by atoms with Crippen molar-refractivity contribution in [3.63, 3.8) is 0 Å². The molecule has 2 aromatic rings. The number of halogens is 1. The summed E-state index contributed by atoms with van der Waals surface area (Å²) in [4.78, 5) is 41.0. The third kappa shape index (κ3) is 7.47. The topological polar surface area (TPSA) is 91.0 Å². The standard InChI is InChI=1S/C24H29ClN4O4/c1-24(2,3)33-23(32)26-18-8-6-7-17(15-18)22(31)29-13-11-28(12-14-29)16-21(30)27-20-10-5-4-9-19(20)25/h4-10,15H,11-14,16H2,1-3H3,(H,26,32)(H,27,30). The third-order valence-corrected chi connectivity index (χ3v) is 5.26. The molecule has 0 atom stereocenters. The molecule has 33 heavy (non-hydrogen) atoms. The van der Waals surface area contributed by atoms with Gasteiger partial charge in [0.05, 0.1) is 17.3 Å². The summed E-state index contributed by atoms with van der Waals surface area (Å²) in [5, 5.41) is 5.96. The molecule has 1 aliphatic rings. The number of ether oxygens (including phenoxy) is 1. The summed E-state index contributed by atoms with van der Waals surface area (Å²) in [5.41, 5.74) is 0.942. The molecule has 0 aromatic heterocycles. The fraction of sp³-hybridized carbons (Fsp3) is 0.375. The fourth-order valence-corrected chi connectivity index (χ4v) is 3.58. The molecule has 9 heteroatoms. The van der Waals surface area contributed by atoms with Gasteiger partial charge in [-0.05, 0) is 51.1 Å². The van der Waals surface area contributed by atoms with Gasteiger partial charge in [0.1, 0.15) is 5.60 Å². The maximum atomic E-state index is 12.9. The van der Waals surface area contributed by atoms with E-state index < -0.39 is 11.7 Å². The first-order valence-corrected chi connectivity index (χ1v) is 11.1. The van der Waals surface area contributed by atoms with E-state index in [2.05, 4.69) is 10.6 Å². The number of para-hydroxylation sites is 1. The second-order valence-electron chi connectivity index (χ2n) is 8.80. The summed E-state index contributed by atoms with van der Waals surface area (Å²) in [6.45, 7) is 7.74. The molecule has 0 radical (unpaired) electrons. The highest BCUT2D eigenvalue weighted by Gasteiger charge is 2.24. The maximum absolute atomic E-state index is 12.9. The Balaban J connectivity index is 1.50. The van der Waals surface area contributed by atoms with E-state index >= 15 is 0 Å². The first kappa shape index (κ1) is 24.5. The van der Waals surface area contributed by atoms with Gasteiger partial charge in [-0.3, -0.25) is 19.8 Å². The van der Waals surface area contributed by atoms with Crippen molar-refractivity contribution >= 4 is 40.9 Å². The molecule has 2 aromatic carbocycles. The van der Waals surface area contributed by atoms with Crippen molar-refractivity contribution in [1.82, 2.24) is 9.80 Å². The van der Waals surface area contributed by atoms with Crippen molar-refractivity contribution in [2.75, 3.05) is 43.4 Å². The number of amides is 3. The van der Waals surface area contributed by atoms with Gasteiger partial charge in [0, 0.05) is 37.4 Å². The molecule has 2 N–H and O–H groups in total. The summed E-state index contributed by atoms with van der Waals surface area (Å²) in [5.74, 6) is -0.271. The van der Waals surface area contributed by atoms with Crippen LogP contribution in [0.1, 0.15) is 31.1 Å². The molecule has 1 aliphatic heterocycles. The molecule has 0 aliphatic carbocycles. The fourth-order valence-electron chi connectivity index (χ4n) is 3.40. The summed E-state index contributed by atoms with van der Waals surface area (Å²) >= 11 is 6.09. The number of nitrogens with one attached hydrogen (secondary N) is 2. The van der Waals surface area contributed by atoms with Crippen molar-refractivity contribution in [1.29, 1.82) is 0 Å². The van der Waals surface area contributed by atoms with Crippen LogP contribution in [0.15, 0.2) is 48.5 Å². The number of hydrogen-bond acceptors (Lipinski definition) is 5. The Morgan fingerprint density at radius 1 is 0.970 bits per heavy atom. The average molecular weight is 473 g/mol. The Morgan fingerprint density at radius 2 is 1.67 bits per heavy atom. The number of rotatable bonds is 5. The van der Waals surface area contributed by atoms with E-state index in [4.69, 9.17) is 16.3 Å². The number of anilines is 2. The van der Waals surface area contributed by atoms with E-state index in [0.29, 0.717) is 48.1 Å². The SMILES string of the molecule is CC(C)(C)OC(=O)Nc1cccc(C(=O)N2CCN(CC(=O)Nc3ccccc3Cl)CC2)c1. The minimum Gasteiger partial charge on any atom is -0.444 e. The quantitative estimate of drug-likeness (QED) is 0.684. The van der Waals surface area contributed by atoms with Crippen LogP contribution < -0.4 is 10.6 Å². The Morgan fingerprint density at radius 3 is 2.33 bits per heavy atom. The molecule has 8 nitrogen and oxygen atoms in total. The molecular formula is C24H29ClN4O4. The molecule has 1 heterocycles. The molecule has 0 spiro atoms. The Bertz CT molecular complexity index is 1010. The minimum atomic E-state index is -0.610. The Kier molecular flexibility index (Phi) is 7.94. The van der Waals surface area contributed by atoms with Crippen LogP contribution in [0, 0.1) is 0 Å². The van der Waals surface area contributed by atoms with E-state index in [9.17, 15) is 14.4 Å². The van der Waals surface area contributed by atoms with Crippen LogP contribution in [0.3, 0.4) is 0 Å². The largest absolute Gasteiger partial charge is 0.444 e. The first-order valence-electron chi connectivity index (χ1n) is 10.8. The van der Waals surface area contributed by atoms with Gasteiger partial charge in [0.25, 0.3) is 5.91 Å². The van der Waals surface area contributed by atoms with Crippen LogP contribution >= 0.6 is 11.6 Å². The zero-order valence-corrected chi connectivity index (χ0v) is 19.8.